The zero-order chi connectivity index (χ0) is 19.6. The molecule has 1 saturated carbocycles. The van der Waals surface area contributed by atoms with Gasteiger partial charge in [-0.1, -0.05) is 23.7 Å². The number of aliphatic carboxylic acids is 1. The first kappa shape index (κ1) is 19.4. The number of benzene rings is 1. The number of H-pyrrole nitrogens is 1. The fourth-order valence-corrected chi connectivity index (χ4v) is 5.66. The highest BCUT2D eigenvalue weighted by Gasteiger charge is 2.45. The Balaban J connectivity index is 1.78. The Bertz CT molecular complexity index is 986. The summed E-state index contributed by atoms with van der Waals surface area (Å²) < 4.78 is 31.3. The molecule has 144 valence electrons. The average Bonchev–Trinajstić information content (AvgIpc) is 3.07. The number of aromatic nitrogens is 2. The van der Waals surface area contributed by atoms with Gasteiger partial charge in [0.2, 0.25) is 5.88 Å². The number of sulfone groups is 1. The molecule has 0 saturated heterocycles. The van der Waals surface area contributed by atoms with Gasteiger partial charge in [0.15, 0.2) is 9.84 Å². The van der Waals surface area contributed by atoms with Crippen LogP contribution in [0.15, 0.2) is 46.1 Å². The van der Waals surface area contributed by atoms with Crippen molar-refractivity contribution < 1.29 is 23.1 Å². The SMILES string of the molecule is O=C(O)[C@@H]1C[C@H](S(=O)(=O)c2ccccc2Cl)C[C@H]1COc1ccc(=O)[nH]n1. The molecular formula is C17H17ClN2O6S. The molecule has 0 spiro atoms. The Morgan fingerprint density at radius 2 is 2.00 bits per heavy atom. The lowest BCUT2D eigenvalue weighted by Gasteiger charge is -2.15. The topological polar surface area (TPSA) is 126 Å². The summed E-state index contributed by atoms with van der Waals surface area (Å²) in [5.41, 5.74) is -0.391. The maximum Gasteiger partial charge on any atom is 0.306 e. The Morgan fingerprint density at radius 1 is 1.26 bits per heavy atom. The van der Waals surface area contributed by atoms with Crippen LogP contribution in [0, 0.1) is 11.8 Å². The van der Waals surface area contributed by atoms with Crippen LogP contribution >= 0.6 is 11.6 Å². The summed E-state index contributed by atoms with van der Waals surface area (Å²) >= 11 is 6.02. The number of rotatable bonds is 6. The summed E-state index contributed by atoms with van der Waals surface area (Å²) in [5.74, 6) is -2.32. The maximum atomic E-state index is 12.9. The molecule has 2 aromatic rings. The maximum absolute atomic E-state index is 12.9. The first-order valence-electron chi connectivity index (χ1n) is 8.19. The number of carboxylic acids is 1. The molecule has 27 heavy (non-hydrogen) atoms. The fraction of sp³-hybridized carbons (Fsp3) is 0.353. The molecule has 1 aromatic carbocycles. The van der Waals surface area contributed by atoms with Crippen molar-refractivity contribution in [1.82, 2.24) is 10.2 Å². The number of nitrogens with one attached hydrogen (secondary N) is 1. The van der Waals surface area contributed by atoms with Crippen molar-refractivity contribution in [3.05, 3.63) is 51.8 Å². The minimum atomic E-state index is -3.77. The molecule has 0 amide bonds. The monoisotopic (exact) mass is 412 g/mol. The van der Waals surface area contributed by atoms with Crippen LogP contribution in [0.5, 0.6) is 5.88 Å². The van der Waals surface area contributed by atoms with Crippen LogP contribution in [0.2, 0.25) is 5.02 Å². The zero-order valence-corrected chi connectivity index (χ0v) is 15.6. The van der Waals surface area contributed by atoms with Gasteiger partial charge in [-0.05, 0) is 25.0 Å². The lowest BCUT2D eigenvalue weighted by Crippen LogP contribution is -2.23. The Labute approximate surface area is 160 Å². The van der Waals surface area contributed by atoms with Gasteiger partial charge in [0.1, 0.15) is 0 Å². The predicted molar refractivity (Wildman–Crippen MR) is 96.6 cm³/mol. The third-order valence-electron chi connectivity index (χ3n) is 4.65. The van der Waals surface area contributed by atoms with Gasteiger partial charge in [0.05, 0.1) is 27.7 Å². The van der Waals surface area contributed by atoms with E-state index in [1.165, 1.54) is 24.3 Å². The molecule has 1 aliphatic rings. The van der Waals surface area contributed by atoms with Gasteiger partial charge in [-0.25, -0.2) is 13.5 Å². The van der Waals surface area contributed by atoms with Crippen molar-refractivity contribution in [3.63, 3.8) is 0 Å². The van der Waals surface area contributed by atoms with Gasteiger partial charge in [0.25, 0.3) is 5.56 Å². The summed E-state index contributed by atoms with van der Waals surface area (Å²) in [6, 6.07) is 8.70. The number of hydrogen-bond donors (Lipinski definition) is 2. The summed E-state index contributed by atoms with van der Waals surface area (Å²) in [6.07, 6.45) is 0.115. The van der Waals surface area contributed by atoms with Gasteiger partial charge in [-0.2, -0.15) is 0 Å². The highest BCUT2D eigenvalue weighted by Crippen LogP contribution is 2.40. The van der Waals surface area contributed by atoms with E-state index in [1.807, 2.05) is 0 Å². The average molecular weight is 413 g/mol. The second-order valence-electron chi connectivity index (χ2n) is 6.34. The van der Waals surface area contributed by atoms with E-state index in [2.05, 4.69) is 10.2 Å². The lowest BCUT2D eigenvalue weighted by molar-refractivity contribution is -0.143. The normalized spacial score (nSPS) is 22.5. The van der Waals surface area contributed by atoms with Crippen LogP contribution in [0.25, 0.3) is 0 Å². The Kier molecular flexibility index (Phi) is 5.52. The first-order chi connectivity index (χ1) is 12.8. The number of aromatic amines is 1. The Morgan fingerprint density at radius 3 is 2.63 bits per heavy atom. The molecule has 1 heterocycles. The van der Waals surface area contributed by atoms with Crippen LogP contribution in [0.1, 0.15) is 12.8 Å². The Hall–Kier alpha value is -2.39. The number of ether oxygens (including phenoxy) is 1. The number of hydrogen-bond acceptors (Lipinski definition) is 6. The van der Waals surface area contributed by atoms with E-state index in [0.29, 0.717) is 0 Å². The van der Waals surface area contributed by atoms with E-state index in [9.17, 15) is 23.1 Å². The fourth-order valence-electron chi connectivity index (χ4n) is 3.27. The molecule has 0 bridgehead atoms. The van der Waals surface area contributed by atoms with Gasteiger partial charge in [-0.15, -0.1) is 5.10 Å². The molecule has 0 unspecified atom stereocenters. The highest BCUT2D eigenvalue weighted by molar-refractivity contribution is 7.92. The van der Waals surface area contributed by atoms with E-state index in [1.54, 1.807) is 12.1 Å². The molecule has 0 aliphatic heterocycles. The van der Waals surface area contributed by atoms with Crippen molar-refractivity contribution in [2.24, 2.45) is 11.8 Å². The number of halogens is 1. The molecular weight excluding hydrogens is 396 g/mol. The summed E-state index contributed by atoms with van der Waals surface area (Å²) in [5, 5.41) is 14.6. The van der Waals surface area contributed by atoms with E-state index < -0.39 is 38.5 Å². The molecule has 8 nitrogen and oxygen atoms in total. The quantitative estimate of drug-likeness (QED) is 0.739. The molecule has 1 aromatic heterocycles. The minimum absolute atomic E-state index is 0.00433. The van der Waals surface area contributed by atoms with E-state index >= 15 is 0 Å². The van der Waals surface area contributed by atoms with Crippen LogP contribution in [-0.4, -0.2) is 41.5 Å². The number of carbonyl (C=O) groups is 1. The second-order valence-corrected chi connectivity index (χ2v) is 8.95. The first-order valence-corrected chi connectivity index (χ1v) is 10.1. The van der Waals surface area contributed by atoms with E-state index in [4.69, 9.17) is 16.3 Å². The smallest absolute Gasteiger partial charge is 0.306 e. The molecule has 0 radical (unpaired) electrons. The van der Waals surface area contributed by atoms with Crippen molar-refractivity contribution in [2.45, 2.75) is 23.0 Å². The van der Waals surface area contributed by atoms with Crippen molar-refractivity contribution >= 4 is 27.4 Å². The van der Waals surface area contributed by atoms with Crippen LogP contribution < -0.4 is 10.3 Å². The highest BCUT2D eigenvalue weighted by atomic mass is 35.5. The van der Waals surface area contributed by atoms with Gasteiger partial charge in [-0.3, -0.25) is 9.59 Å². The second kappa shape index (κ2) is 7.69. The molecule has 1 aliphatic carbocycles. The molecule has 3 atom stereocenters. The lowest BCUT2D eigenvalue weighted by atomic mass is 9.97. The van der Waals surface area contributed by atoms with Gasteiger partial charge >= 0.3 is 5.97 Å². The van der Waals surface area contributed by atoms with Crippen LogP contribution in [-0.2, 0) is 14.6 Å². The number of nitrogens with zero attached hydrogens (tertiary/aromatic N) is 1. The third kappa shape index (κ3) is 4.14. The molecule has 3 rings (SSSR count). The molecule has 2 N–H and O–H groups in total. The van der Waals surface area contributed by atoms with Crippen LogP contribution in [0.3, 0.4) is 0 Å². The molecule has 10 heteroatoms. The zero-order valence-electron chi connectivity index (χ0n) is 14.0. The summed E-state index contributed by atoms with van der Waals surface area (Å²) in [7, 11) is -3.77. The third-order valence-corrected chi connectivity index (χ3v) is 7.32. The largest absolute Gasteiger partial charge is 0.481 e. The minimum Gasteiger partial charge on any atom is -0.481 e. The van der Waals surface area contributed by atoms with Crippen molar-refractivity contribution in [3.8, 4) is 5.88 Å². The predicted octanol–water partition coefficient (Wildman–Crippen LogP) is 1.76. The standard InChI is InChI=1S/C17H17ClN2O6S/c18-13-3-1-2-4-14(13)27(24,25)11-7-10(12(8-11)17(22)23)9-26-16-6-5-15(21)19-20-16/h1-6,10-12H,7-9H2,(H,19,21)(H,22,23)/t10-,11+,12+/m0/s1. The van der Waals surface area contributed by atoms with Gasteiger partial charge < -0.3 is 9.84 Å². The number of carboxylic acid groups (broad SMARTS) is 1. The van der Waals surface area contributed by atoms with E-state index in [-0.39, 0.29) is 35.2 Å². The van der Waals surface area contributed by atoms with Crippen LogP contribution in [0.4, 0.5) is 0 Å². The summed E-state index contributed by atoms with van der Waals surface area (Å²) in [6.45, 7) is -0.0233. The molecule has 1 fully saturated rings. The van der Waals surface area contributed by atoms with E-state index in [0.717, 1.165) is 0 Å². The van der Waals surface area contributed by atoms with Crippen molar-refractivity contribution in [2.75, 3.05) is 6.61 Å². The summed E-state index contributed by atoms with van der Waals surface area (Å²) in [4.78, 5) is 22.6. The van der Waals surface area contributed by atoms with Gasteiger partial charge in [0, 0.05) is 18.1 Å². The van der Waals surface area contributed by atoms with Crippen molar-refractivity contribution in [1.29, 1.82) is 0 Å².